The summed E-state index contributed by atoms with van der Waals surface area (Å²) in [6, 6.07) is 10.1. The fourth-order valence-corrected chi connectivity index (χ4v) is 5.32. The Balaban J connectivity index is 1.55. The molecule has 0 unspecified atom stereocenters. The van der Waals surface area contributed by atoms with Gasteiger partial charge in [-0.25, -0.2) is 4.79 Å². The van der Waals surface area contributed by atoms with Crippen molar-refractivity contribution in [2.75, 3.05) is 12.4 Å². The Bertz CT molecular complexity index is 842. The van der Waals surface area contributed by atoms with Gasteiger partial charge in [0.25, 0.3) is 0 Å². The number of fused-ring (bicyclic) bond motifs is 1. The Morgan fingerprint density at radius 1 is 1.23 bits per heavy atom. The number of carbonyl (C=O) groups is 2. The minimum atomic E-state index is -0.345. The van der Waals surface area contributed by atoms with Crippen molar-refractivity contribution in [3.63, 3.8) is 0 Å². The first kappa shape index (κ1) is 17.3. The van der Waals surface area contributed by atoms with E-state index in [9.17, 15) is 9.59 Å². The number of esters is 1. The summed E-state index contributed by atoms with van der Waals surface area (Å²) < 4.78 is 4.99. The van der Waals surface area contributed by atoms with Gasteiger partial charge in [0.1, 0.15) is 5.00 Å². The normalized spacial score (nSPS) is 23.8. The third-order valence-corrected chi connectivity index (χ3v) is 6.66. The molecule has 1 amide bonds. The van der Waals surface area contributed by atoms with E-state index < -0.39 is 0 Å². The van der Waals surface area contributed by atoms with Gasteiger partial charge in [0.05, 0.1) is 12.7 Å². The third-order valence-electron chi connectivity index (χ3n) is 5.49. The Kier molecular flexibility index (Phi) is 4.57. The number of amides is 1. The van der Waals surface area contributed by atoms with Crippen LogP contribution in [0.2, 0.25) is 0 Å². The number of anilines is 1. The van der Waals surface area contributed by atoms with E-state index in [2.05, 4.69) is 24.4 Å². The molecule has 4 nitrogen and oxygen atoms in total. The number of rotatable bonds is 4. The van der Waals surface area contributed by atoms with E-state index in [1.54, 1.807) is 11.3 Å². The number of thiophene rings is 1. The number of methoxy groups -OCH3 is 1. The standard InChI is InChI=1S/C21H23NO3S/c1-12-8-9-14-17(10-12)26-20(18(14)21(24)25-2)22-19(23)16-11-15(16)13-6-4-3-5-7-13/h3-7,12,15-16H,8-11H2,1-2H3,(H,22,23)/t12-,15-,16-/m0/s1. The second-order valence-corrected chi connectivity index (χ2v) is 8.50. The van der Waals surface area contributed by atoms with Crippen molar-refractivity contribution in [3.8, 4) is 0 Å². The topological polar surface area (TPSA) is 55.4 Å². The van der Waals surface area contributed by atoms with Gasteiger partial charge in [-0.1, -0.05) is 37.3 Å². The van der Waals surface area contributed by atoms with Crippen LogP contribution >= 0.6 is 11.3 Å². The molecule has 0 radical (unpaired) electrons. The molecule has 0 aliphatic heterocycles. The molecule has 0 saturated heterocycles. The van der Waals surface area contributed by atoms with Crippen LogP contribution in [0.5, 0.6) is 0 Å². The summed E-state index contributed by atoms with van der Waals surface area (Å²) in [5.74, 6) is 0.549. The van der Waals surface area contributed by atoms with Crippen LogP contribution < -0.4 is 5.32 Å². The maximum absolute atomic E-state index is 12.7. The van der Waals surface area contributed by atoms with Crippen LogP contribution in [0.25, 0.3) is 0 Å². The Morgan fingerprint density at radius 2 is 2.00 bits per heavy atom. The summed E-state index contributed by atoms with van der Waals surface area (Å²) in [5.41, 5.74) is 2.86. The predicted molar refractivity (Wildman–Crippen MR) is 103 cm³/mol. The van der Waals surface area contributed by atoms with Crippen molar-refractivity contribution >= 4 is 28.2 Å². The maximum atomic E-state index is 12.7. The molecule has 1 N–H and O–H groups in total. The zero-order chi connectivity index (χ0) is 18.3. The van der Waals surface area contributed by atoms with E-state index in [-0.39, 0.29) is 23.7 Å². The average molecular weight is 369 g/mol. The van der Waals surface area contributed by atoms with Crippen molar-refractivity contribution in [2.24, 2.45) is 11.8 Å². The van der Waals surface area contributed by atoms with Crippen LogP contribution in [0, 0.1) is 11.8 Å². The van der Waals surface area contributed by atoms with E-state index in [4.69, 9.17) is 4.74 Å². The van der Waals surface area contributed by atoms with Gasteiger partial charge < -0.3 is 10.1 Å². The molecule has 1 aromatic heterocycles. The van der Waals surface area contributed by atoms with Crippen molar-refractivity contribution in [3.05, 3.63) is 51.9 Å². The first-order valence-corrected chi connectivity index (χ1v) is 9.98. The molecular formula is C21H23NO3S. The molecule has 1 heterocycles. The zero-order valence-electron chi connectivity index (χ0n) is 15.1. The van der Waals surface area contributed by atoms with Crippen molar-refractivity contribution in [1.82, 2.24) is 0 Å². The summed E-state index contributed by atoms with van der Waals surface area (Å²) in [5, 5.41) is 3.70. The van der Waals surface area contributed by atoms with E-state index in [1.165, 1.54) is 17.6 Å². The SMILES string of the molecule is COC(=O)c1c(NC(=O)[C@H]2C[C@H]2c2ccccc2)sc2c1CC[C@H](C)C2. The van der Waals surface area contributed by atoms with Crippen molar-refractivity contribution in [2.45, 2.75) is 38.5 Å². The molecule has 4 rings (SSSR count). The van der Waals surface area contributed by atoms with Crippen LogP contribution in [0.1, 0.15) is 52.0 Å². The van der Waals surface area contributed by atoms with Crippen molar-refractivity contribution < 1.29 is 14.3 Å². The summed E-state index contributed by atoms with van der Waals surface area (Å²) in [6.07, 6.45) is 3.78. The van der Waals surface area contributed by atoms with Gasteiger partial charge in [-0.2, -0.15) is 0 Å². The second kappa shape index (κ2) is 6.88. The number of ether oxygens (including phenoxy) is 1. The first-order valence-electron chi connectivity index (χ1n) is 9.17. The van der Waals surface area contributed by atoms with E-state index in [0.29, 0.717) is 16.5 Å². The van der Waals surface area contributed by atoms with Crippen LogP contribution in [-0.4, -0.2) is 19.0 Å². The fourth-order valence-electron chi connectivity index (χ4n) is 3.91. The van der Waals surface area contributed by atoms with Gasteiger partial charge in [-0.15, -0.1) is 11.3 Å². The van der Waals surface area contributed by atoms with Gasteiger partial charge in [0.2, 0.25) is 5.91 Å². The smallest absolute Gasteiger partial charge is 0.341 e. The van der Waals surface area contributed by atoms with Gasteiger partial charge in [0, 0.05) is 10.8 Å². The molecule has 26 heavy (non-hydrogen) atoms. The first-order chi connectivity index (χ1) is 12.6. The largest absolute Gasteiger partial charge is 0.465 e. The second-order valence-electron chi connectivity index (χ2n) is 7.40. The van der Waals surface area contributed by atoms with Crippen LogP contribution in [0.15, 0.2) is 30.3 Å². The molecule has 1 fully saturated rings. The Morgan fingerprint density at radius 3 is 2.73 bits per heavy atom. The highest BCUT2D eigenvalue weighted by Gasteiger charge is 2.44. The molecule has 2 aliphatic carbocycles. The monoisotopic (exact) mass is 369 g/mol. The van der Waals surface area contributed by atoms with Crippen LogP contribution in [0.4, 0.5) is 5.00 Å². The number of benzene rings is 1. The van der Waals surface area contributed by atoms with Gasteiger partial charge in [0.15, 0.2) is 0 Å². The lowest BCUT2D eigenvalue weighted by molar-refractivity contribution is -0.117. The van der Waals surface area contributed by atoms with E-state index >= 15 is 0 Å². The van der Waals surface area contributed by atoms with Gasteiger partial charge in [-0.05, 0) is 48.6 Å². The van der Waals surface area contributed by atoms with Gasteiger partial charge >= 0.3 is 5.97 Å². The minimum Gasteiger partial charge on any atom is -0.465 e. The predicted octanol–water partition coefficient (Wildman–Crippen LogP) is 4.40. The lowest BCUT2D eigenvalue weighted by atomic mass is 9.88. The van der Waals surface area contributed by atoms with E-state index in [1.807, 2.05) is 18.2 Å². The molecule has 3 atom stereocenters. The quantitative estimate of drug-likeness (QED) is 0.813. The number of hydrogen-bond acceptors (Lipinski definition) is 4. The molecule has 0 spiro atoms. The van der Waals surface area contributed by atoms with Crippen LogP contribution in [-0.2, 0) is 22.4 Å². The summed E-state index contributed by atoms with van der Waals surface area (Å²) in [6.45, 7) is 2.23. The molecule has 2 aromatic rings. The molecule has 1 saturated carbocycles. The number of nitrogens with one attached hydrogen (secondary N) is 1. The molecule has 2 aliphatic rings. The summed E-state index contributed by atoms with van der Waals surface area (Å²) in [4.78, 5) is 26.3. The number of carbonyl (C=O) groups excluding carboxylic acids is 2. The highest BCUT2D eigenvalue weighted by molar-refractivity contribution is 7.17. The fraction of sp³-hybridized carbons (Fsp3) is 0.429. The Labute approximate surface area is 157 Å². The molecule has 136 valence electrons. The lowest BCUT2D eigenvalue weighted by Gasteiger charge is -2.18. The minimum absolute atomic E-state index is 0.00986. The molecule has 0 bridgehead atoms. The molecule has 1 aromatic carbocycles. The average Bonchev–Trinajstić information content (AvgIpc) is 3.38. The maximum Gasteiger partial charge on any atom is 0.341 e. The number of hydrogen-bond donors (Lipinski definition) is 1. The van der Waals surface area contributed by atoms with Crippen molar-refractivity contribution in [1.29, 1.82) is 0 Å². The van der Waals surface area contributed by atoms with Crippen LogP contribution in [0.3, 0.4) is 0 Å². The van der Waals surface area contributed by atoms with Gasteiger partial charge in [-0.3, -0.25) is 4.79 Å². The Hall–Kier alpha value is -2.14. The lowest BCUT2D eigenvalue weighted by Crippen LogP contribution is -2.17. The zero-order valence-corrected chi connectivity index (χ0v) is 15.9. The summed E-state index contributed by atoms with van der Waals surface area (Å²) >= 11 is 1.55. The highest BCUT2D eigenvalue weighted by Crippen LogP contribution is 2.48. The summed E-state index contributed by atoms with van der Waals surface area (Å²) in [7, 11) is 1.40. The third kappa shape index (κ3) is 3.16. The molecular weight excluding hydrogens is 346 g/mol. The molecule has 5 heteroatoms. The van der Waals surface area contributed by atoms with E-state index in [0.717, 1.165) is 31.2 Å². The highest BCUT2D eigenvalue weighted by atomic mass is 32.1.